The largest absolute Gasteiger partial charge is 0.480 e. The number of carbonyl (C=O) groups excluding carboxylic acids is 4. The summed E-state index contributed by atoms with van der Waals surface area (Å²) in [6.45, 7) is -1.48. The van der Waals surface area contributed by atoms with E-state index >= 15 is 0 Å². The van der Waals surface area contributed by atoms with Crippen LogP contribution >= 0.6 is 21.6 Å². The minimum atomic E-state index is -1.34. The number of nitrogens with two attached hydrogens (primary N) is 2. The average molecular weight is 619 g/mol. The molecule has 40 heavy (non-hydrogen) atoms. The van der Waals surface area contributed by atoms with Gasteiger partial charge in [-0.15, -0.1) is 0 Å². The van der Waals surface area contributed by atoms with E-state index in [-0.39, 0.29) is 37.2 Å². The van der Waals surface area contributed by atoms with Gasteiger partial charge in [0.2, 0.25) is 23.6 Å². The van der Waals surface area contributed by atoms with Crippen molar-refractivity contribution in [3.63, 3.8) is 0 Å². The van der Waals surface area contributed by atoms with Gasteiger partial charge in [0.15, 0.2) is 0 Å². The van der Waals surface area contributed by atoms with Gasteiger partial charge in [0, 0.05) is 24.3 Å². The molecule has 0 heterocycles. The molecule has 0 aromatic heterocycles. The second-order valence-corrected chi connectivity index (χ2v) is 10.6. The topological polar surface area (TPSA) is 318 Å². The summed E-state index contributed by atoms with van der Waals surface area (Å²) < 4.78 is 0. The van der Waals surface area contributed by atoms with Crippen molar-refractivity contribution in [3.8, 4) is 0 Å². The fourth-order valence-corrected chi connectivity index (χ4v) is 4.85. The molecule has 18 nitrogen and oxygen atoms in total. The molecule has 0 aromatic rings. The number of carboxylic acid groups (broad SMARTS) is 4. The van der Waals surface area contributed by atoms with Gasteiger partial charge in [0.25, 0.3) is 0 Å². The molecule has 0 saturated carbocycles. The van der Waals surface area contributed by atoms with Gasteiger partial charge in [-0.3, -0.25) is 38.4 Å². The lowest BCUT2D eigenvalue weighted by molar-refractivity contribution is -0.140. The maximum atomic E-state index is 12.4. The molecule has 0 bridgehead atoms. The van der Waals surface area contributed by atoms with Crippen molar-refractivity contribution in [3.05, 3.63) is 0 Å². The Balaban J connectivity index is 5.18. The van der Waals surface area contributed by atoms with Gasteiger partial charge in [0.05, 0.1) is 0 Å². The summed E-state index contributed by atoms with van der Waals surface area (Å²) in [4.78, 5) is 92.3. The standard InChI is InChI=1S/C20H32N6O12S2/c21-9(19(35)36)1-3-13(27)25-11(17(33)23-5-15(29)30)7-39-40-8-12(18(34)24-6-16(31)32)26-14(28)4-2-10(22)20(37)38/h9-12H,1-8,21-22H2,(H,23,33)(H,24,34)(H,25,27)(H,26,28)(H,29,30)(H,31,32)(H,35,36)(H,37,38)/t9-,10-,11-,12-/m0/s1/i5+1,6+1,15+1,16+1,23+1,24+1. The van der Waals surface area contributed by atoms with Crippen LogP contribution < -0.4 is 32.7 Å². The minimum Gasteiger partial charge on any atom is -0.480 e. The smallest absolute Gasteiger partial charge is 0.322 e. The van der Waals surface area contributed by atoms with Crippen molar-refractivity contribution in [2.24, 2.45) is 11.5 Å². The number of rotatable bonds is 21. The molecule has 0 rings (SSSR count). The molecule has 0 aromatic carbocycles. The van der Waals surface area contributed by atoms with Crippen LogP contribution in [0.3, 0.4) is 0 Å². The average Bonchev–Trinajstić information content (AvgIpc) is 2.87. The van der Waals surface area contributed by atoms with Crippen LogP contribution in [0.25, 0.3) is 0 Å². The van der Waals surface area contributed by atoms with Crippen molar-refractivity contribution in [2.75, 3.05) is 24.6 Å². The Bertz CT molecular complexity index is 879. The zero-order chi connectivity index (χ0) is 30.8. The van der Waals surface area contributed by atoms with Crippen LogP contribution in [0.15, 0.2) is 0 Å². The van der Waals surface area contributed by atoms with Crippen LogP contribution in [0, 0.1) is 0 Å². The molecule has 4 amide bonds. The molecule has 0 unspecified atom stereocenters. The Kier molecular flexibility index (Phi) is 17.7. The van der Waals surface area contributed by atoms with Crippen molar-refractivity contribution in [1.82, 2.24) is 21.3 Å². The molecule has 20 heteroatoms. The van der Waals surface area contributed by atoms with Gasteiger partial charge in [-0.1, -0.05) is 21.6 Å². The summed E-state index contributed by atoms with van der Waals surface area (Å²) in [5.74, 6) is -8.81. The van der Waals surface area contributed by atoms with E-state index in [1.165, 1.54) is 0 Å². The summed E-state index contributed by atoms with van der Waals surface area (Å²) in [6.07, 6.45) is -1.12. The number of aliphatic carboxylic acids is 4. The summed E-state index contributed by atoms with van der Waals surface area (Å²) in [7, 11) is 1.89. The number of carbonyl (C=O) groups is 8. The Morgan fingerprint density at radius 2 is 0.925 bits per heavy atom. The van der Waals surface area contributed by atoms with Crippen LogP contribution in [0.5, 0.6) is 0 Å². The molecule has 0 radical (unpaired) electrons. The third-order valence-electron chi connectivity index (χ3n) is 4.68. The summed E-state index contributed by atoms with van der Waals surface area (Å²) in [5, 5.41) is 44.1. The fourth-order valence-electron chi connectivity index (χ4n) is 2.52. The molecule has 0 aliphatic rings. The highest BCUT2D eigenvalue weighted by Crippen LogP contribution is 2.23. The fraction of sp³-hybridized carbons (Fsp3) is 0.600. The molecule has 12 N–H and O–H groups in total. The van der Waals surface area contributed by atoms with Crippen molar-refractivity contribution in [1.29, 1.82) is 0 Å². The number of nitrogens with one attached hydrogen (secondary N) is 4. The van der Waals surface area contributed by atoms with Crippen LogP contribution in [0.4, 0.5) is 0 Å². The highest BCUT2D eigenvalue weighted by atomic mass is 33.1. The van der Waals surface area contributed by atoms with E-state index in [2.05, 4.69) is 21.3 Å². The predicted octanol–water partition coefficient (Wildman–Crippen LogP) is -3.88. The quantitative estimate of drug-likeness (QED) is 0.0254. The first kappa shape index (κ1) is 36.4. The van der Waals surface area contributed by atoms with Crippen LogP contribution in [0.1, 0.15) is 25.7 Å². The van der Waals surface area contributed by atoms with Crippen LogP contribution in [-0.4, -0.2) is 117 Å². The Morgan fingerprint density at radius 3 is 1.20 bits per heavy atom. The van der Waals surface area contributed by atoms with E-state index < -0.39 is 84.8 Å². The third kappa shape index (κ3) is 17.1. The highest BCUT2D eigenvalue weighted by Gasteiger charge is 2.25. The number of carboxylic acids is 4. The van der Waals surface area contributed by atoms with Crippen molar-refractivity contribution >= 4 is 69.1 Å². The van der Waals surface area contributed by atoms with Gasteiger partial charge in [-0.05, 0) is 12.8 Å². The molecule has 0 saturated heterocycles. The summed E-state index contributed by atoms with van der Waals surface area (Å²) in [5.41, 5.74) is 10.7. The SMILES string of the molecule is N[C@@H](CCC(=O)N[C@@H](CSSC[C@H](NC(=O)CC[C@H](N)C(=O)O)C(=O)[15NH][13CH2][13C](=O)O)C(=O)[15NH][13CH2][13C](=O)O)C(=O)O. The normalized spacial score (nSPS) is 13.6. The Labute approximate surface area is 235 Å². The van der Waals surface area contributed by atoms with Crippen molar-refractivity contribution < 1.29 is 58.8 Å². The van der Waals surface area contributed by atoms with E-state index in [0.717, 1.165) is 21.6 Å². The van der Waals surface area contributed by atoms with E-state index in [1.807, 2.05) is 0 Å². The molecule has 0 aliphatic carbocycles. The lowest BCUT2D eigenvalue weighted by Crippen LogP contribution is -2.50. The van der Waals surface area contributed by atoms with Crippen LogP contribution in [-0.2, 0) is 38.4 Å². The lowest BCUT2D eigenvalue weighted by atomic mass is 10.1. The second kappa shape index (κ2) is 19.4. The zero-order valence-electron chi connectivity index (χ0n) is 21.0. The van der Waals surface area contributed by atoms with Gasteiger partial charge < -0.3 is 53.2 Å². The predicted molar refractivity (Wildman–Crippen MR) is 140 cm³/mol. The van der Waals surface area contributed by atoms with Gasteiger partial charge in [-0.25, -0.2) is 0 Å². The van der Waals surface area contributed by atoms with E-state index in [4.69, 9.17) is 31.9 Å². The molecule has 226 valence electrons. The monoisotopic (exact) mass is 618 g/mol. The van der Waals surface area contributed by atoms with E-state index in [1.54, 1.807) is 0 Å². The van der Waals surface area contributed by atoms with E-state index in [9.17, 15) is 38.4 Å². The first-order valence-electron chi connectivity index (χ1n) is 11.4. The van der Waals surface area contributed by atoms with Gasteiger partial charge in [-0.2, -0.15) is 0 Å². The third-order valence-corrected chi connectivity index (χ3v) is 7.11. The zero-order valence-corrected chi connectivity index (χ0v) is 22.6. The van der Waals surface area contributed by atoms with Crippen LogP contribution in [0.2, 0.25) is 0 Å². The molecular weight excluding hydrogens is 586 g/mol. The first-order chi connectivity index (χ1) is 18.6. The maximum Gasteiger partial charge on any atom is 0.322 e. The molecule has 0 fully saturated rings. The minimum absolute atomic E-state index is 0.155. The summed E-state index contributed by atoms with van der Waals surface area (Å²) >= 11 is 0. The Hall–Kier alpha value is -3.62. The Morgan fingerprint density at radius 1 is 0.600 bits per heavy atom. The lowest BCUT2D eigenvalue weighted by Gasteiger charge is -2.20. The number of hydrogen-bond donors (Lipinski definition) is 10. The molecular formula is C20H32N6O12S2. The van der Waals surface area contributed by atoms with Gasteiger partial charge >= 0.3 is 23.9 Å². The summed E-state index contributed by atoms with van der Waals surface area (Å²) in [6, 6.07) is -5.16. The second-order valence-electron chi connectivity index (χ2n) is 8.00. The molecule has 0 aliphatic heterocycles. The number of hydrogen-bond acceptors (Lipinski definition) is 12. The van der Waals surface area contributed by atoms with E-state index in [0.29, 0.717) is 0 Å². The molecule has 4 atom stereocenters. The first-order valence-corrected chi connectivity index (χ1v) is 13.9. The molecule has 0 spiro atoms. The van der Waals surface area contributed by atoms with Gasteiger partial charge in [0.1, 0.15) is 37.3 Å². The maximum absolute atomic E-state index is 12.4. The number of amides is 4. The highest BCUT2D eigenvalue weighted by molar-refractivity contribution is 8.76. The van der Waals surface area contributed by atoms with Crippen molar-refractivity contribution in [2.45, 2.75) is 49.9 Å².